The third-order valence-electron chi connectivity index (χ3n) is 5.29. The van der Waals surface area contributed by atoms with E-state index in [0.717, 1.165) is 13.1 Å². The van der Waals surface area contributed by atoms with Crippen LogP contribution in [0.3, 0.4) is 0 Å². The molecule has 0 saturated carbocycles. The average molecular weight is 367 g/mol. The van der Waals surface area contributed by atoms with Crippen LogP contribution in [-0.4, -0.2) is 37.6 Å². The summed E-state index contributed by atoms with van der Waals surface area (Å²) in [6, 6.07) is 0. The molecule has 2 heteroatoms. The third kappa shape index (κ3) is 20.0. The van der Waals surface area contributed by atoms with Crippen LogP contribution in [0, 0.1) is 0 Å². The Balaban J connectivity index is 3.24. The van der Waals surface area contributed by atoms with E-state index in [1.165, 1.54) is 110 Å². The van der Waals surface area contributed by atoms with E-state index in [0.29, 0.717) is 0 Å². The number of hydrogen-bond donors (Lipinski definition) is 1. The Hall–Kier alpha value is -0.340. The zero-order valence-corrected chi connectivity index (χ0v) is 18.5. The van der Waals surface area contributed by atoms with Crippen LogP contribution >= 0.6 is 0 Å². The van der Waals surface area contributed by atoms with Crippen molar-refractivity contribution in [3.63, 3.8) is 0 Å². The highest BCUT2D eigenvalue weighted by atomic mass is 15.1. The van der Waals surface area contributed by atoms with Crippen molar-refractivity contribution in [1.29, 1.82) is 0 Å². The first-order valence-corrected chi connectivity index (χ1v) is 11.9. The van der Waals surface area contributed by atoms with Gasteiger partial charge in [0.15, 0.2) is 0 Å². The fourth-order valence-electron chi connectivity index (χ4n) is 3.42. The average Bonchev–Trinajstić information content (AvgIpc) is 2.66. The predicted octanol–water partition coefficient (Wildman–Crippen LogP) is 6.96. The largest absolute Gasteiger partial charge is 0.316 e. The molecule has 0 rings (SSSR count). The summed E-state index contributed by atoms with van der Waals surface area (Å²) in [6.07, 6.45) is 24.3. The van der Waals surface area contributed by atoms with Gasteiger partial charge in [0.1, 0.15) is 0 Å². The normalized spacial score (nSPS) is 11.8. The Bertz CT molecular complexity index is 275. The Morgan fingerprint density at radius 1 is 0.615 bits per heavy atom. The molecule has 0 aromatic rings. The van der Waals surface area contributed by atoms with Gasteiger partial charge in [0, 0.05) is 13.1 Å². The standard InChI is InChI=1S/C24H50N2/c1-4-7-8-9-10-11-12-13-14-15-16-17-18-19-20-21-23-26(6-3)24-22-25-5-2/h13-14,25H,4-12,15-24H2,1-3H3/b14-13-. The molecular weight excluding hydrogens is 316 g/mol. The summed E-state index contributed by atoms with van der Waals surface area (Å²) in [5.41, 5.74) is 0. The molecular formula is C24H50N2. The summed E-state index contributed by atoms with van der Waals surface area (Å²) in [4.78, 5) is 2.58. The molecule has 156 valence electrons. The first kappa shape index (κ1) is 25.7. The van der Waals surface area contributed by atoms with Gasteiger partial charge in [-0.05, 0) is 51.7 Å². The van der Waals surface area contributed by atoms with Gasteiger partial charge in [-0.2, -0.15) is 0 Å². The maximum Gasteiger partial charge on any atom is 0.0107 e. The minimum atomic E-state index is 1.09. The van der Waals surface area contributed by atoms with Crippen LogP contribution in [0.1, 0.15) is 111 Å². The van der Waals surface area contributed by atoms with Gasteiger partial charge in [0.2, 0.25) is 0 Å². The van der Waals surface area contributed by atoms with Gasteiger partial charge in [-0.15, -0.1) is 0 Å². The summed E-state index contributed by atoms with van der Waals surface area (Å²) in [5, 5.41) is 3.42. The van der Waals surface area contributed by atoms with E-state index in [1.54, 1.807) is 0 Å². The minimum absolute atomic E-state index is 1.09. The lowest BCUT2D eigenvalue weighted by atomic mass is 10.1. The van der Waals surface area contributed by atoms with Gasteiger partial charge in [-0.3, -0.25) is 0 Å². The molecule has 0 atom stereocenters. The number of rotatable bonds is 21. The van der Waals surface area contributed by atoms with E-state index in [-0.39, 0.29) is 0 Å². The molecule has 0 bridgehead atoms. The Kier molecular flexibility index (Phi) is 22.4. The smallest absolute Gasteiger partial charge is 0.0107 e. The first-order chi connectivity index (χ1) is 12.8. The number of nitrogens with one attached hydrogen (secondary N) is 1. The lowest BCUT2D eigenvalue weighted by Crippen LogP contribution is -2.32. The molecule has 0 aromatic heterocycles. The number of nitrogens with zero attached hydrogens (tertiary/aromatic N) is 1. The maximum absolute atomic E-state index is 3.42. The highest BCUT2D eigenvalue weighted by Crippen LogP contribution is 2.10. The van der Waals surface area contributed by atoms with Gasteiger partial charge in [-0.25, -0.2) is 0 Å². The molecule has 0 fully saturated rings. The lowest BCUT2D eigenvalue weighted by Gasteiger charge is -2.20. The molecule has 0 spiro atoms. The van der Waals surface area contributed by atoms with Gasteiger partial charge < -0.3 is 10.2 Å². The molecule has 0 unspecified atom stereocenters. The molecule has 0 aromatic carbocycles. The van der Waals surface area contributed by atoms with Gasteiger partial charge in [0.05, 0.1) is 0 Å². The van der Waals surface area contributed by atoms with E-state index in [9.17, 15) is 0 Å². The molecule has 0 aliphatic heterocycles. The fourth-order valence-corrected chi connectivity index (χ4v) is 3.42. The van der Waals surface area contributed by atoms with Crippen molar-refractivity contribution in [2.24, 2.45) is 0 Å². The summed E-state index contributed by atoms with van der Waals surface area (Å²) >= 11 is 0. The Labute approximate surface area is 166 Å². The highest BCUT2D eigenvalue weighted by molar-refractivity contribution is 4.81. The SMILES string of the molecule is CCCCCCCC/C=C\CCCCCCCCN(CC)CCNCC. The van der Waals surface area contributed by atoms with Crippen molar-refractivity contribution in [2.75, 3.05) is 32.7 Å². The molecule has 26 heavy (non-hydrogen) atoms. The van der Waals surface area contributed by atoms with Crippen molar-refractivity contribution in [2.45, 2.75) is 111 Å². The monoisotopic (exact) mass is 366 g/mol. The molecule has 0 radical (unpaired) electrons. The van der Waals surface area contributed by atoms with Gasteiger partial charge in [-0.1, -0.05) is 90.7 Å². The molecule has 0 amide bonds. The van der Waals surface area contributed by atoms with Crippen LogP contribution < -0.4 is 5.32 Å². The van der Waals surface area contributed by atoms with E-state index in [2.05, 4.69) is 43.1 Å². The number of hydrogen-bond acceptors (Lipinski definition) is 2. The molecule has 0 heterocycles. The topological polar surface area (TPSA) is 15.3 Å². The van der Waals surface area contributed by atoms with Crippen LogP contribution in [0.15, 0.2) is 12.2 Å². The highest BCUT2D eigenvalue weighted by Gasteiger charge is 2.01. The molecule has 0 aliphatic rings. The Morgan fingerprint density at radius 3 is 1.69 bits per heavy atom. The maximum atomic E-state index is 3.42. The van der Waals surface area contributed by atoms with E-state index in [4.69, 9.17) is 0 Å². The summed E-state index contributed by atoms with van der Waals surface area (Å²) in [6.45, 7) is 12.7. The second-order valence-electron chi connectivity index (χ2n) is 7.73. The van der Waals surface area contributed by atoms with Crippen LogP contribution in [0.25, 0.3) is 0 Å². The number of unbranched alkanes of at least 4 members (excludes halogenated alkanes) is 12. The molecule has 2 nitrogen and oxygen atoms in total. The predicted molar refractivity (Wildman–Crippen MR) is 120 cm³/mol. The molecule has 0 aliphatic carbocycles. The number of allylic oxidation sites excluding steroid dienone is 2. The van der Waals surface area contributed by atoms with Crippen molar-refractivity contribution in [1.82, 2.24) is 10.2 Å². The van der Waals surface area contributed by atoms with E-state index in [1.807, 2.05) is 0 Å². The fraction of sp³-hybridized carbons (Fsp3) is 0.917. The second-order valence-corrected chi connectivity index (χ2v) is 7.73. The Morgan fingerprint density at radius 2 is 1.15 bits per heavy atom. The third-order valence-corrected chi connectivity index (χ3v) is 5.29. The molecule has 0 saturated heterocycles. The van der Waals surface area contributed by atoms with Crippen LogP contribution in [-0.2, 0) is 0 Å². The van der Waals surface area contributed by atoms with Crippen molar-refractivity contribution < 1.29 is 0 Å². The van der Waals surface area contributed by atoms with Gasteiger partial charge in [0.25, 0.3) is 0 Å². The summed E-state index contributed by atoms with van der Waals surface area (Å²) in [5.74, 6) is 0. The first-order valence-electron chi connectivity index (χ1n) is 11.9. The van der Waals surface area contributed by atoms with Gasteiger partial charge >= 0.3 is 0 Å². The van der Waals surface area contributed by atoms with Crippen molar-refractivity contribution >= 4 is 0 Å². The quantitative estimate of drug-likeness (QED) is 0.174. The number of likely N-dealkylation sites (N-methyl/N-ethyl adjacent to an activating group) is 2. The summed E-state index contributed by atoms with van der Waals surface area (Å²) in [7, 11) is 0. The van der Waals surface area contributed by atoms with E-state index < -0.39 is 0 Å². The van der Waals surface area contributed by atoms with Crippen molar-refractivity contribution in [3.05, 3.63) is 12.2 Å². The molecule has 1 N–H and O–H groups in total. The summed E-state index contributed by atoms with van der Waals surface area (Å²) < 4.78 is 0. The van der Waals surface area contributed by atoms with Crippen LogP contribution in [0.4, 0.5) is 0 Å². The van der Waals surface area contributed by atoms with E-state index >= 15 is 0 Å². The zero-order chi connectivity index (χ0) is 19.1. The minimum Gasteiger partial charge on any atom is -0.316 e. The second kappa shape index (κ2) is 22.7. The van der Waals surface area contributed by atoms with Crippen molar-refractivity contribution in [3.8, 4) is 0 Å². The zero-order valence-electron chi connectivity index (χ0n) is 18.5. The van der Waals surface area contributed by atoms with Crippen LogP contribution in [0.2, 0.25) is 0 Å². The van der Waals surface area contributed by atoms with Crippen LogP contribution in [0.5, 0.6) is 0 Å². The lowest BCUT2D eigenvalue weighted by molar-refractivity contribution is 0.280.